The van der Waals surface area contributed by atoms with Crippen LogP contribution in [0.25, 0.3) is 0 Å². The minimum absolute atomic E-state index is 0.342. The Morgan fingerprint density at radius 2 is 1.67 bits per heavy atom. The Balaban J connectivity index is 1.88. The van der Waals surface area contributed by atoms with Crippen LogP contribution >= 0.6 is 0 Å². The fourth-order valence-corrected chi connectivity index (χ4v) is 2.80. The van der Waals surface area contributed by atoms with E-state index in [4.69, 9.17) is 0 Å². The van der Waals surface area contributed by atoms with E-state index in [1.54, 1.807) is 0 Å². The molecule has 1 aliphatic rings. The Kier molecular flexibility index (Phi) is 5.03. The zero-order valence-corrected chi connectivity index (χ0v) is 13.8. The molecule has 1 saturated heterocycles. The number of piperazine rings is 1. The van der Waals surface area contributed by atoms with Crippen LogP contribution in [0, 0.1) is 11.3 Å². The SMILES string of the molecule is CC(C)c1ccc(CN2CCN(C(C)(C)C#N)CC2)cc1. The summed E-state index contributed by atoms with van der Waals surface area (Å²) in [6.45, 7) is 13.5. The number of nitriles is 1. The summed E-state index contributed by atoms with van der Waals surface area (Å²) >= 11 is 0. The van der Waals surface area contributed by atoms with E-state index >= 15 is 0 Å². The van der Waals surface area contributed by atoms with Crippen molar-refractivity contribution in [3.63, 3.8) is 0 Å². The summed E-state index contributed by atoms with van der Waals surface area (Å²) in [5.41, 5.74) is 2.44. The van der Waals surface area contributed by atoms with Gasteiger partial charge in [-0.25, -0.2) is 0 Å². The Hall–Kier alpha value is -1.37. The van der Waals surface area contributed by atoms with Crippen molar-refractivity contribution in [2.24, 2.45) is 0 Å². The van der Waals surface area contributed by atoms with Crippen molar-refractivity contribution in [1.82, 2.24) is 9.80 Å². The quantitative estimate of drug-likeness (QED) is 0.851. The van der Waals surface area contributed by atoms with Gasteiger partial charge in [0.2, 0.25) is 0 Å². The Morgan fingerprint density at radius 3 is 2.14 bits per heavy atom. The summed E-state index contributed by atoms with van der Waals surface area (Å²) in [6.07, 6.45) is 0. The van der Waals surface area contributed by atoms with Gasteiger partial charge in [-0.15, -0.1) is 0 Å². The molecule has 3 nitrogen and oxygen atoms in total. The highest BCUT2D eigenvalue weighted by atomic mass is 15.3. The first-order valence-corrected chi connectivity index (χ1v) is 7.90. The molecule has 0 radical (unpaired) electrons. The Morgan fingerprint density at radius 1 is 1.10 bits per heavy atom. The first-order chi connectivity index (χ1) is 9.92. The fourth-order valence-electron chi connectivity index (χ4n) is 2.80. The van der Waals surface area contributed by atoms with Crippen molar-refractivity contribution >= 4 is 0 Å². The zero-order chi connectivity index (χ0) is 15.5. The number of nitrogens with zero attached hydrogens (tertiary/aromatic N) is 3. The molecule has 1 aromatic carbocycles. The second-order valence-corrected chi connectivity index (χ2v) is 6.83. The topological polar surface area (TPSA) is 30.3 Å². The lowest BCUT2D eigenvalue weighted by molar-refractivity contribution is 0.0764. The summed E-state index contributed by atoms with van der Waals surface area (Å²) in [5.74, 6) is 0.593. The Bertz CT molecular complexity index is 488. The van der Waals surface area contributed by atoms with Crippen LogP contribution in [0.15, 0.2) is 24.3 Å². The van der Waals surface area contributed by atoms with E-state index in [0.717, 1.165) is 32.7 Å². The maximum Gasteiger partial charge on any atom is 0.103 e. The second kappa shape index (κ2) is 6.60. The number of rotatable bonds is 4. The van der Waals surface area contributed by atoms with Crippen LogP contribution in [0.1, 0.15) is 44.7 Å². The average Bonchev–Trinajstić information content (AvgIpc) is 2.48. The molecule has 0 amide bonds. The minimum Gasteiger partial charge on any atom is -0.297 e. The predicted molar refractivity (Wildman–Crippen MR) is 87.1 cm³/mol. The highest BCUT2D eigenvalue weighted by Gasteiger charge is 2.29. The van der Waals surface area contributed by atoms with E-state index in [9.17, 15) is 5.26 Å². The molecule has 21 heavy (non-hydrogen) atoms. The molecule has 1 heterocycles. The molecule has 0 bridgehead atoms. The van der Waals surface area contributed by atoms with Crippen molar-refractivity contribution in [1.29, 1.82) is 5.26 Å². The molecule has 0 aromatic heterocycles. The fraction of sp³-hybridized carbons (Fsp3) is 0.611. The van der Waals surface area contributed by atoms with Crippen LogP contribution in [0.4, 0.5) is 0 Å². The third-order valence-electron chi connectivity index (χ3n) is 4.49. The van der Waals surface area contributed by atoms with E-state index in [1.165, 1.54) is 11.1 Å². The van der Waals surface area contributed by atoms with E-state index in [-0.39, 0.29) is 5.54 Å². The van der Waals surface area contributed by atoms with Gasteiger partial charge < -0.3 is 0 Å². The first kappa shape index (κ1) is 16.0. The van der Waals surface area contributed by atoms with Gasteiger partial charge in [-0.05, 0) is 30.9 Å². The summed E-state index contributed by atoms with van der Waals surface area (Å²) in [5, 5.41) is 9.21. The molecular formula is C18H27N3. The zero-order valence-electron chi connectivity index (χ0n) is 13.8. The van der Waals surface area contributed by atoms with Crippen LogP contribution < -0.4 is 0 Å². The lowest BCUT2D eigenvalue weighted by Gasteiger charge is -2.40. The molecule has 0 unspecified atom stereocenters. The van der Waals surface area contributed by atoms with Crippen molar-refractivity contribution in [2.75, 3.05) is 26.2 Å². The van der Waals surface area contributed by atoms with Gasteiger partial charge in [0.25, 0.3) is 0 Å². The summed E-state index contributed by atoms with van der Waals surface area (Å²) < 4.78 is 0. The van der Waals surface area contributed by atoms with E-state index in [2.05, 4.69) is 54.0 Å². The summed E-state index contributed by atoms with van der Waals surface area (Å²) in [7, 11) is 0. The van der Waals surface area contributed by atoms with Gasteiger partial charge in [-0.2, -0.15) is 5.26 Å². The lowest BCUT2D eigenvalue weighted by atomic mass is 10.0. The molecule has 0 spiro atoms. The predicted octanol–water partition coefficient (Wildman–Crippen LogP) is 3.23. The molecule has 114 valence electrons. The summed E-state index contributed by atoms with van der Waals surface area (Å²) in [4.78, 5) is 4.76. The monoisotopic (exact) mass is 285 g/mol. The van der Waals surface area contributed by atoms with Gasteiger partial charge in [0.05, 0.1) is 6.07 Å². The third kappa shape index (κ3) is 4.06. The van der Waals surface area contributed by atoms with E-state index < -0.39 is 0 Å². The van der Waals surface area contributed by atoms with Gasteiger partial charge in [-0.1, -0.05) is 38.1 Å². The van der Waals surface area contributed by atoms with Crippen molar-refractivity contribution < 1.29 is 0 Å². The van der Waals surface area contributed by atoms with Gasteiger partial charge in [0.1, 0.15) is 5.54 Å². The Labute approximate surface area is 129 Å². The van der Waals surface area contributed by atoms with Crippen molar-refractivity contribution in [3.8, 4) is 6.07 Å². The largest absolute Gasteiger partial charge is 0.297 e. The van der Waals surface area contributed by atoms with E-state index in [1.807, 2.05) is 13.8 Å². The number of benzene rings is 1. The van der Waals surface area contributed by atoms with Crippen LogP contribution in [0.5, 0.6) is 0 Å². The molecule has 2 rings (SSSR count). The molecule has 0 saturated carbocycles. The van der Waals surface area contributed by atoms with Crippen LogP contribution in [0.2, 0.25) is 0 Å². The van der Waals surface area contributed by atoms with Gasteiger partial charge in [0.15, 0.2) is 0 Å². The van der Waals surface area contributed by atoms with E-state index in [0.29, 0.717) is 5.92 Å². The van der Waals surface area contributed by atoms with Gasteiger partial charge in [-0.3, -0.25) is 9.80 Å². The molecular weight excluding hydrogens is 258 g/mol. The van der Waals surface area contributed by atoms with Crippen LogP contribution in [-0.2, 0) is 6.54 Å². The molecule has 0 aliphatic carbocycles. The smallest absolute Gasteiger partial charge is 0.103 e. The lowest BCUT2D eigenvalue weighted by Crippen LogP contribution is -2.53. The standard InChI is InChI=1S/C18H27N3/c1-15(2)17-7-5-16(6-8-17)13-20-9-11-21(12-10-20)18(3,4)14-19/h5-8,15H,9-13H2,1-4H3. The molecule has 3 heteroatoms. The molecule has 1 fully saturated rings. The van der Waals surface area contributed by atoms with Gasteiger partial charge >= 0.3 is 0 Å². The molecule has 1 aromatic rings. The number of hydrogen-bond acceptors (Lipinski definition) is 3. The molecule has 0 N–H and O–H groups in total. The normalized spacial score (nSPS) is 17.9. The van der Waals surface area contributed by atoms with Crippen LogP contribution in [0.3, 0.4) is 0 Å². The average molecular weight is 285 g/mol. The molecule has 1 aliphatic heterocycles. The highest BCUT2D eigenvalue weighted by molar-refractivity contribution is 5.24. The molecule has 0 atom stereocenters. The highest BCUT2D eigenvalue weighted by Crippen LogP contribution is 2.18. The van der Waals surface area contributed by atoms with Gasteiger partial charge in [0, 0.05) is 32.7 Å². The van der Waals surface area contributed by atoms with Crippen molar-refractivity contribution in [3.05, 3.63) is 35.4 Å². The van der Waals surface area contributed by atoms with Crippen molar-refractivity contribution in [2.45, 2.75) is 45.7 Å². The third-order valence-corrected chi connectivity index (χ3v) is 4.49. The summed E-state index contributed by atoms with van der Waals surface area (Å²) in [6, 6.07) is 11.4. The second-order valence-electron chi connectivity index (χ2n) is 6.83. The minimum atomic E-state index is -0.342. The maximum absolute atomic E-state index is 9.21. The maximum atomic E-state index is 9.21. The number of hydrogen-bond donors (Lipinski definition) is 0. The van der Waals surface area contributed by atoms with Crippen LogP contribution in [-0.4, -0.2) is 41.5 Å². The first-order valence-electron chi connectivity index (χ1n) is 7.90.